The summed E-state index contributed by atoms with van der Waals surface area (Å²) in [5.41, 5.74) is 6.03. The first-order chi connectivity index (χ1) is 6.68. The van der Waals surface area contributed by atoms with Crippen LogP contribution in [0.5, 0.6) is 0 Å². The molecular formula is C11H22N2O. The molecule has 0 bridgehead atoms. The van der Waals surface area contributed by atoms with E-state index in [1.54, 1.807) is 0 Å². The molecule has 4 atom stereocenters. The Balaban J connectivity index is 1.88. The minimum Gasteiger partial charge on any atom is -0.381 e. The van der Waals surface area contributed by atoms with Crippen molar-refractivity contribution in [2.24, 2.45) is 17.6 Å². The molecule has 0 aromatic carbocycles. The van der Waals surface area contributed by atoms with Gasteiger partial charge in [-0.05, 0) is 25.2 Å². The smallest absolute Gasteiger partial charge is 0.0509 e. The molecule has 3 nitrogen and oxygen atoms in total. The second kappa shape index (κ2) is 4.17. The van der Waals surface area contributed by atoms with E-state index in [0.29, 0.717) is 18.0 Å². The topological polar surface area (TPSA) is 38.5 Å². The van der Waals surface area contributed by atoms with E-state index >= 15 is 0 Å². The number of hydrogen-bond donors (Lipinski definition) is 1. The van der Waals surface area contributed by atoms with Gasteiger partial charge in [0.2, 0.25) is 0 Å². The van der Waals surface area contributed by atoms with Gasteiger partial charge in [-0.25, -0.2) is 0 Å². The fourth-order valence-corrected chi connectivity index (χ4v) is 2.59. The molecule has 2 aliphatic heterocycles. The first-order valence-electron chi connectivity index (χ1n) is 5.76. The van der Waals surface area contributed by atoms with Gasteiger partial charge >= 0.3 is 0 Å². The zero-order valence-corrected chi connectivity index (χ0v) is 9.28. The number of likely N-dealkylation sites (tertiary alicyclic amines) is 1. The highest BCUT2D eigenvalue weighted by Crippen LogP contribution is 2.25. The zero-order valence-electron chi connectivity index (χ0n) is 9.28. The summed E-state index contributed by atoms with van der Waals surface area (Å²) >= 11 is 0. The zero-order chi connectivity index (χ0) is 10.1. The van der Waals surface area contributed by atoms with Crippen LogP contribution in [-0.4, -0.2) is 43.3 Å². The van der Waals surface area contributed by atoms with E-state index in [1.165, 1.54) is 13.0 Å². The monoisotopic (exact) mass is 198 g/mol. The van der Waals surface area contributed by atoms with Crippen LogP contribution in [0.4, 0.5) is 0 Å². The molecule has 2 N–H and O–H groups in total. The Kier molecular flexibility index (Phi) is 3.10. The van der Waals surface area contributed by atoms with Gasteiger partial charge in [-0.15, -0.1) is 0 Å². The van der Waals surface area contributed by atoms with Crippen LogP contribution >= 0.6 is 0 Å². The highest BCUT2D eigenvalue weighted by molar-refractivity contribution is 4.89. The van der Waals surface area contributed by atoms with Crippen LogP contribution in [0.1, 0.15) is 20.3 Å². The Labute approximate surface area is 86.6 Å². The number of nitrogens with zero attached hydrogens (tertiary/aromatic N) is 1. The van der Waals surface area contributed by atoms with Crippen molar-refractivity contribution >= 4 is 0 Å². The average Bonchev–Trinajstić information content (AvgIpc) is 2.76. The van der Waals surface area contributed by atoms with Gasteiger partial charge in [0.25, 0.3) is 0 Å². The van der Waals surface area contributed by atoms with E-state index in [1.807, 2.05) is 0 Å². The molecule has 0 aromatic heterocycles. The van der Waals surface area contributed by atoms with E-state index in [-0.39, 0.29) is 0 Å². The van der Waals surface area contributed by atoms with E-state index in [2.05, 4.69) is 18.7 Å². The van der Waals surface area contributed by atoms with Crippen molar-refractivity contribution in [2.75, 3.05) is 26.3 Å². The standard InChI is InChI=1S/C11H22N2O/c1-8-5-13(6-11(8)12)9(2)10-3-4-14-7-10/h8-11H,3-7,12H2,1-2H3. The SMILES string of the molecule is CC1CN(C(C)C2CCOC2)CC1N. The molecule has 0 saturated carbocycles. The Morgan fingerprint density at radius 2 is 2.21 bits per heavy atom. The van der Waals surface area contributed by atoms with Crippen molar-refractivity contribution in [3.8, 4) is 0 Å². The van der Waals surface area contributed by atoms with Crippen molar-refractivity contribution in [3.63, 3.8) is 0 Å². The van der Waals surface area contributed by atoms with Crippen LogP contribution in [0.25, 0.3) is 0 Å². The highest BCUT2D eigenvalue weighted by Gasteiger charge is 2.34. The second-order valence-corrected chi connectivity index (χ2v) is 4.96. The molecule has 0 aromatic rings. The molecule has 82 valence electrons. The molecule has 4 unspecified atom stereocenters. The fraction of sp³-hybridized carbons (Fsp3) is 1.00. The maximum atomic E-state index is 6.03. The predicted octanol–water partition coefficient (Wildman–Crippen LogP) is 0.690. The Hall–Kier alpha value is -0.120. The molecule has 0 radical (unpaired) electrons. The lowest BCUT2D eigenvalue weighted by Crippen LogP contribution is -2.38. The first-order valence-corrected chi connectivity index (χ1v) is 5.76. The summed E-state index contributed by atoms with van der Waals surface area (Å²) in [6, 6.07) is 1.02. The maximum Gasteiger partial charge on any atom is 0.0509 e. The molecule has 2 saturated heterocycles. The van der Waals surface area contributed by atoms with E-state index in [4.69, 9.17) is 10.5 Å². The maximum absolute atomic E-state index is 6.03. The summed E-state index contributed by atoms with van der Waals surface area (Å²) in [6.07, 6.45) is 1.22. The third-order valence-electron chi connectivity index (χ3n) is 3.92. The van der Waals surface area contributed by atoms with Gasteiger partial charge in [-0.1, -0.05) is 6.92 Å². The van der Waals surface area contributed by atoms with Crippen molar-refractivity contribution in [2.45, 2.75) is 32.4 Å². The second-order valence-electron chi connectivity index (χ2n) is 4.96. The van der Waals surface area contributed by atoms with Crippen LogP contribution < -0.4 is 5.73 Å². The Bertz CT molecular complexity index is 182. The lowest BCUT2D eigenvalue weighted by Gasteiger charge is -2.28. The van der Waals surface area contributed by atoms with Gasteiger partial charge in [0, 0.05) is 31.8 Å². The number of ether oxygens (including phenoxy) is 1. The van der Waals surface area contributed by atoms with Crippen molar-refractivity contribution < 1.29 is 4.74 Å². The predicted molar refractivity (Wildman–Crippen MR) is 57.1 cm³/mol. The molecule has 2 aliphatic rings. The van der Waals surface area contributed by atoms with Crippen LogP contribution in [0.2, 0.25) is 0 Å². The lowest BCUT2D eigenvalue weighted by atomic mass is 9.99. The molecule has 0 amide bonds. The quantitative estimate of drug-likeness (QED) is 0.709. The fourth-order valence-electron chi connectivity index (χ4n) is 2.59. The van der Waals surface area contributed by atoms with Gasteiger partial charge < -0.3 is 10.5 Å². The summed E-state index contributed by atoms with van der Waals surface area (Å²) in [4.78, 5) is 2.54. The van der Waals surface area contributed by atoms with E-state index in [0.717, 1.165) is 25.7 Å². The molecule has 14 heavy (non-hydrogen) atoms. The molecule has 2 heterocycles. The van der Waals surface area contributed by atoms with Crippen molar-refractivity contribution in [1.29, 1.82) is 0 Å². The van der Waals surface area contributed by atoms with Gasteiger partial charge in [-0.3, -0.25) is 4.90 Å². The van der Waals surface area contributed by atoms with Crippen LogP contribution in [0.3, 0.4) is 0 Å². The van der Waals surface area contributed by atoms with Crippen LogP contribution in [-0.2, 0) is 4.74 Å². The number of hydrogen-bond acceptors (Lipinski definition) is 3. The number of nitrogens with two attached hydrogens (primary N) is 1. The molecular weight excluding hydrogens is 176 g/mol. The van der Waals surface area contributed by atoms with Crippen molar-refractivity contribution in [3.05, 3.63) is 0 Å². The minimum atomic E-state index is 0.375. The summed E-state index contributed by atoms with van der Waals surface area (Å²) < 4.78 is 5.43. The van der Waals surface area contributed by atoms with Gasteiger partial charge in [-0.2, -0.15) is 0 Å². The van der Waals surface area contributed by atoms with E-state index < -0.39 is 0 Å². The summed E-state index contributed by atoms with van der Waals surface area (Å²) in [5.74, 6) is 1.38. The third-order valence-corrected chi connectivity index (χ3v) is 3.92. The van der Waals surface area contributed by atoms with Crippen molar-refractivity contribution in [1.82, 2.24) is 4.90 Å². The van der Waals surface area contributed by atoms with Gasteiger partial charge in [0.1, 0.15) is 0 Å². The average molecular weight is 198 g/mol. The summed E-state index contributed by atoms with van der Waals surface area (Å²) in [5, 5.41) is 0. The summed E-state index contributed by atoms with van der Waals surface area (Å²) in [6.45, 7) is 8.70. The molecule has 3 heteroatoms. The molecule has 0 spiro atoms. The first kappa shape index (κ1) is 10.4. The highest BCUT2D eigenvalue weighted by atomic mass is 16.5. The minimum absolute atomic E-state index is 0.375. The summed E-state index contributed by atoms with van der Waals surface area (Å²) in [7, 11) is 0. The van der Waals surface area contributed by atoms with Crippen LogP contribution in [0.15, 0.2) is 0 Å². The lowest BCUT2D eigenvalue weighted by molar-refractivity contribution is 0.142. The Morgan fingerprint density at radius 3 is 2.71 bits per heavy atom. The van der Waals surface area contributed by atoms with Crippen LogP contribution in [0, 0.1) is 11.8 Å². The largest absolute Gasteiger partial charge is 0.381 e. The number of rotatable bonds is 2. The molecule has 0 aliphatic carbocycles. The Morgan fingerprint density at radius 1 is 1.43 bits per heavy atom. The normalized spacial score (nSPS) is 41.8. The third kappa shape index (κ3) is 1.95. The molecule has 2 fully saturated rings. The van der Waals surface area contributed by atoms with E-state index in [9.17, 15) is 0 Å². The molecule has 2 rings (SSSR count). The van der Waals surface area contributed by atoms with Gasteiger partial charge in [0.05, 0.1) is 6.61 Å². The van der Waals surface area contributed by atoms with Gasteiger partial charge in [0.15, 0.2) is 0 Å².